The molecule has 11 nitrogen and oxygen atoms in total. The Labute approximate surface area is 236 Å². The van der Waals surface area contributed by atoms with Crippen LogP contribution in [0.5, 0.6) is 0 Å². The smallest absolute Gasteiger partial charge is 0.274 e. The maximum Gasteiger partial charge on any atom is 0.274 e. The number of piperidine rings is 2. The van der Waals surface area contributed by atoms with E-state index in [0.29, 0.717) is 6.42 Å². The molecular formula is C28H35N7O4S. The van der Waals surface area contributed by atoms with Gasteiger partial charge in [0.15, 0.2) is 0 Å². The van der Waals surface area contributed by atoms with Gasteiger partial charge in [-0.05, 0) is 57.3 Å². The van der Waals surface area contributed by atoms with Gasteiger partial charge in [-0.1, -0.05) is 18.2 Å². The number of likely N-dealkylation sites (tertiary alicyclic amines) is 1. The second-order valence-electron chi connectivity index (χ2n) is 10.5. The summed E-state index contributed by atoms with van der Waals surface area (Å²) in [6, 6.07) is 5.53. The summed E-state index contributed by atoms with van der Waals surface area (Å²) in [5.41, 5.74) is 7.77. The predicted octanol–water partition coefficient (Wildman–Crippen LogP) is 1.23. The van der Waals surface area contributed by atoms with Crippen molar-refractivity contribution in [1.29, 1.82) is 0 Å². The van der Waals surface area contributed by atoms with Gasteiger partial charge in [0, 0.05) is 47.4 Å². The van der Waals surface area contributed by atoms with Gasteiger partial charge in [-0.3, -0.25) is 19.2 Å². The van der Waals surface area contributed by atoms with E-state index in [4.69, 9.17) is 5.73 Å². The summed E-state index contributed by atoms with van der Waals surface area (Å²) in [6.07, 6.45) is 4.29. The van der Waals surface area contributed by atoms with Crippen molar-refractivity contribution in [2.24, 2.45) is 11.7 Å². The molecule has 40 heavy (non-hydrogen) atoms. The Morgan fingerprint density at radius 3 is 2.65 bits per heavy atom. The van der Waals surface area contributed by atoms with Crippen LogP contribution in [0.4, 0.5) is 0 Å². The molecule has 2 aliphatic heterocycles. The number of hydrogen-bond donors (Lipinski definition) is 5. The first-order chi connectivity index (χ1) is 19.3. The third-order valence-electron chi connectivity index (χ3n) is 7.82. The fourth-order valence-electron chi connectivity index (χ4n) is 5.61. The van der Waals surface area contributed by atoms with E-state index in [-0.39, 0.29) is 48.9 Å². The highest BCUT2D eigenvalue weighted by Gasteiger charge is 2.39. The van der Waals surface area contributed by atoms with Crippen LogP contribution in [0.3, 0.4) is 0 Å². The molecule has 2 aliphatic rings. The number of para-hydroxylation sites is 1. The zero-order valence-corrected chi connectivity index (χ0v) is 23.3. The number of hydrogen-bond acceptors (Lipinski definition) is 7. The molecule has 3 atom stereocenters. The van der Waals surface area contributed by atoms with Gasteiger partial charge in [0.25, 0.3) is 5.91 Å². The van der Waals surface area contributed by atoms with Crippen LogP contribution >= 0.6 is 11.3 Å². The minimum absolute atomic E-state index is 0.0186. The number of nitrogens with one attached hydrogen (secondary N) is 4. The quantitative estimate of drug-likeness (QED) is 0.276. The number of carbonyl (C=O) groups is 4. The number of carbonyl (C=O) groups excluding carboxylic acids is 4. The fraction of sp³-hybridized carbons (Fsp3) is 0.464. The Morgan fingerprint density at radius 2 is 1.93 bits per heavy atom. The van der Waals surface area contributed by atoms with E-state index >= 15 is 0 Å². The lowest BCUT2D eigenvalue weighted by Crippen LogP contribution is -2.60. The van der Waals surface area contributed by atoms with Crippen LogP contribution in [-0.4, -0.2) is 76.3 Å². The zero-order valence-electron chi connectivity index (χ0n) is 22.4. The molecule has 3 unspecified atom stereocenters. The van der Waals surface area contributed by atoms with E-state index in [1.54, 1.807) is 11.6 Å². The second-order valence-corrected chi connectivity index (χ2v) is 11.6. The van der Waals surface area contributed by atoms with Crippen LogP contribution < -0.4 is 21.7 Å². The van der Waals surface area contributed by atoms with Crippen LogP contribution in [-0.2, 0) is 20.8 Å². The maximum absolute atomic E-state index is 13.7. The summed E-state index contributed by atoms with van der Waals surface area (Å²) in [4.78, 5) is 61.5. The normalized spacial score (nSPS) is 20.7. The number of rotatable bonds is 8. The van der Waals surface area contributed by atoms with E-state index < -0.39 is 23.9 Å². The van der Waals surface area contributed by atoms with E-state index in [1.807, 2.05) is 31.2 Å². The molecule has 12 heteroatoms. The van der Waals surface area contributed by atoms with Gasteiger partial charge >= 0.3 is 0 Å². The van der Waals surface area contributed by atoms with Crippen molar-refractivity contribution in [3.8, 4) is 0 Å². The van der Waals surface area contributed by atoms with Crippen LogP contribution in [0.15, 0.2) is 35.8 Å². The van der Waals surface area contributed by atoms with Gasteiger partial charge in [-0.25, -0.2) is 4.98 Å². The minimum Gasteiger partial charge on any atom is -0.368 e. The number of amides is 4. The zero-order chi connectivity index (χ0) is 28.2. The molecule has 0 aliphatic carbocycles. The molecule has 212 valence electrons. The fourth-order valence-corrected chi connectivity index (χ4v) is 6.20. The molecule has 2 saturated heterocycles. The molecule has 3 aromatic rings. The molecular weight excluding hydrogens is 530 g/mol. The Balaban J connectivity index is 1.33. The largest absolute Gasteiger partial charge is 0.368 e. The van der Waals surface area contributed by atoms with E-state index in [1.165, 1.54) is 16.2 Å². The molecule has 0 saturated carbocycles. The Morgan fingerprint density at radius 1 is 1.15 bits per heavy atom. The number of primary amides is 1. The van der Waals surface area contributed by atoms with Crippen molar-refractivity contribution >= 4 is 45.9 Å². The summed E-state index contributed by atoms with van der Waals surface area (Å²) < 4.78 is 0. The first-order valence-corrected chi connectivity index (χ1v) is 14.6. The van der Waals surface area contributed by atoms with Crippen molar-refractivity contribution < 1.29 is 19.2 Å². The molecule has 0 spiro atoms. The molecule has 6 N–H and O–H groups in total. The summed E-state index contributed by atoms with van der Waals surface area (Å²) in [7, 11) is 0. The number of nitrogens with zero attached hydrogens (tertiary/aromatic N) is 2. The average Bonchev–Trinajstić information content (AvgIpc) is 3.58. The Hall–Kier alpha value is -3.77. The van der Waals surface area contributed by atoms with Crippen molar-refractivity contribution in [1.82, 2.24) is 30.8 Å². The maximum atomic E-state index is 13.7. The lowest BCUT2D eigenvalue weighted by molar-refractivity contribution is -0.132. The highest BCUT2D eigenvalue weighted by Crippen LogP contribution is 2.24. The standard InChI is InChI=1S/C28H35N7O4S/c1-16-32-23(15-40-16)28(39)35-11-8-19(33-26(37)17-6-9-30-10-7-17)13-24(35)27(38)34-22(25(29)36)12-18-14-31-21-5-3-2-4-20(18)21/h2-5,14-15,17,19,22,24,30-31H,6-13H2,1H3,(H2,29,36)(H,33,37)(H,34,38). The van der Waals surface area contributed by atoms with Crippen LogP contribution in [0.1, 0.15) is 46.7 Å². The number of aromatic amines is 1. The summed E-state index contributed by atoms with van der Waals surface area (Å²) in [5.74, 6) is -1.58. The number of thiazole rings is 1. The monoisotopic (exact) mass is 565 g/mol. The SMILES string of the molecule is Cc1nc(C(=O)N2CCC(NC(=O)C3CCNCC3)CC2C(=O)NC(Cc2c[nH]c3ccccc23)C(N)=O)cs1. The van der Waals surface area contributed by atoms with Gasteiger partial charge in [-0.15, -0.1) is 11.3 Å². The van der Waals surface area contributed by atoms with Gasteiger partial charge < -0.3 is 31.6 Å². The van der Waals surface area contributed by atoms with Crippen molar-refractivity contribution in [2.75, 3.05) is 19.6 Å². The Bertz CT molecular complexity index is 1400. The molecule has 0 bridgehead atoms. The Kier molecular flexibility index (Phi) is 8.46. The van der Waals surface area contributed by atoms with Crippen LogP contribution in [0.25, 0.3) is 10.9 Å². The third-order valence-corrected chi connectivity index (χ3v) is 8.59. The first-order valence-electron chi connectivity index (χ1n) is 13.7. The number of benzene rings is 1. The number of aryl methyl sites for hydroxylation is 1. The lowest BCUT2D eigenvalue weighted by atomic mass is 9.92. The summed E-state index contributed by atoms with van der Waals surface area (Å²) >= 11 is 1.36. The number of H-pyrrole nitrogens is 1. The summed E-state index contributed by atoms with van der Waals surface area (Å²) in [5, 5.41) is 12.6. The first kappa shape index (κ1) is 27.8. The highest BCUT2D eigenvalue weighted by atomic mass is 32.1. The van der Waals surface area contributed by atoms with Crippen molar-refractivity contribution in [2.45, 2.75) is 57.2 Å². The average molecular weight is 566 g/mol. The molecule has 4 heterocycles. The highest BCUT2D eigenvalue weighted by molar-refractivity contribution is 7.09. The molecule has 2 fully saturated rings. The van der Waals surface area contributed by atoms with Crippen molar-refractivity contribution in [3.05, 3.63) is 52.1 Å². The van der Waals surface area contributed by atoms with Crippen molar-refractivity contribution in [3.63, 3.8) is 0 Å². The second kappa shape index (κ2) is 12.2. The number of nitrogens with two attached hydrogens (primary N) is 1. The van der Waals surface area contributed by atoms with E-state index in [9.17, 15) is 19.2 Å². The van der Waals surface area contributed by atoms with Gasteiger partial charge in [0.05, 0.1) is 5.01 Å². The van der Waals surface area contributed by atoms with E-state index in [0.717, 1.165) is 47.4 Å². The molecule has 5 rings (SSSR count). The molecule has 2 aromatic heterocycles. The molecule has 0 radical (unpaired) electrons. The lowest BCUT2D eigenvalue weighted by Gasteiger charge is -2.39. The number of fused-ring (bicyclic) bond motifs is 1. The van der Waals surface area contributed by atoms with Gasteiger partial charge in [-0.2, -0.15) is 0 Å². The van der Waals surface area contributed by atoms with Crippen LogP contribution in [0, 0.1) is 12.8 Å². The van der Waals surface area contributed by atoms with Gasteiger partial charge in [0.1, 0.15) is 17.8 Å². The molecule has 4 amide bonds. The topological polar surface area (TPSA) is 162 Å². The van der Waals surface area contributed by atoms with Crippen LogP contribution in [0.2, 0.25) is 0 Å². The minimum atomic E-state index is -0.977. The predicted molar refractivity (Wildman–Crippen MR) is 152 cm³/mol. The third kappa shape index (κ3) is 6.18. The van der Waals surface area contributed by atoms with Gasteiger partial charge in [0.2, 0.25) is 17.7 Å². The number of aromatic nitrogens is 2. The molecule has 1 aromatic carbocycles. The summed E-state index contributed by atoms with van der Waals surface area (Å²) in [6.45, 7) is 3.69. The van der Waals surface area contributed by atoms with E-state index in [2.05, 4.69) is 25.9 Å².